The van der Waals surface area contributed by atoms with Crippen LogP contribution >= 0.6 is 22.9 Å². The first-order chi connectivity index (χ1) is 7.74. The molecule has 0 saturated carbocycles. The first-order valence-electron chi connectivity index (χ1n) is 4.96. The lowest BCUT2D eigenvalue weighted by Crippen LogP contribution is -2.13. The lowest BCUT2D eigenvalue weighted by atomic mass is 10.3. The molecule has 0 fully saturated rings. The van der Waals surface area contributed by atoms with Crippen LogP contribution in [0, 0.1) is 6.92 Å². The van der Waals surface area contributed by atoms with Crippen molar-refractivity contribution in [1.29, 1.82) is 0 Å². The Morgan fingerprint density at radius 1 is 1.38 bits per heavy atom. The summed E-state index contributed by atoms with van der Waals surface area (Å²) in [6, 6.07) is 3.76. The smallest absolute Gasteiger partial charge is 0.129 e. The maximum atomic E-state index is 5.70. The molecule has 0 aliphatic carbocycles. The number of pyridine rings is 1. The topological polar surface area (TPSA) is 37.8 Å². The molecule has 84 valence electrons. The summed E-state index contributed by atoms with van der Waals surface area (Å²) >= 11 is 7.38. The van der Waals surface area contributed by atoms with E-state index in [4.69, 9.17) is 11.6 Å². The molecular formula is C11H12ClN3S. The number of rotatable bonds is 4. The van der Waals surface area contributed by atoms with Crippen molar-refractivity contribution >= 4 is 22.9 Å². The van der Waals surface area contributed by atoms with Gasteiger partial charge in [-0.2, -0.15) is 0 Å². The summed E-state index contributed by atoms with van der Waals surface area (Å²) in [5.41, 5.74) is 2.21. The second kappa shape index (κ2) is 5.39. The average Bonchev–Trinajstić information content (AvgIpc) is 2.67. The number of halogens is 1. The fraction of sp³-hybridized carbons (Fsp3) is 0.273. The summed E-state index contributed by atoms with van der Waals surface area (Å²) in [7, 11) is 0. The molecule has 2 aromatic heterocycles. The minimum Gasteiger partial charge on any atom is -0.307 e. The van der Waals surface area contributed by atoms with Gasteiger partial charge in [0.05, 0.1) is 10.7 Å². The fourth-order valence-electron chi connectivity index (χ4n) is 1.34. The highest BCUT2D eigenvalue weighted by atomic mass is 35.5. The largest absolute Gasteiger partial charge is 0.307 e. The Kier molecular flexibility index (Phi) is 3.88. The molecule has 16 heavy (non-hydrogen) atoms. The number of nitrogens with one attached hydrogen (secondary N) is 1. The fourth-order valence-corrected chi connectivity index (χ4v) is 2.06. The number of aromatic nitrogens is 2. The summed E-state index contributed by atoms with van der Waals surface area (Å²) in [4.78, 5) is 8.40. The van der Waals surface area contributed by atoms with E-state index in [0.29, 0.717) is 5.15 Å². The van der Waals surface area contributed by atoms with E-state index >= 15 is 0 Å². The highest BCUT2D eigenvalue weighted by Crippen LogP contribution is 2.08. The van der Waals surface area contributed by atoms with Crippen molar-refractivity contribution in [2.24, 2.45) is 0 Å². The van der Waals surface area contributed by atoms with Gasteiger partial charge in [-0.15, -0.1) is 11.3 Å². The second-order valence-electron chi connectivity index (χ2n) is 3.45. The molecule has 0 atom stereocenters. The molecule has 0 aliphatic heterocycles. The van der Waals surface area contributed by atoms with E-state index in [2.05, 4.69) is 20.7 Å². The number of hydrogen-bond acceptors (Lipinski definition) is 4. The molecule has 0 aliphatic rings. The molecule has 5 heteroatoms. The van der Waals surface area contributed by atoms with E-state index in [0.717, 1.165) is 29.4 Å². The van der Waals surface area contributed by atoms with Crippen molar-refractivity contribution in [3.05, 3.63) is 45.1 Å². The van der Waals surface area contributed by atoms with Crippen molar-refractivity contribution in [2.45, 2.75) is 20.0 Å². The van der Waals surface area contributed by atoms with Gasteiger partial charge in [0, 0.05) is 24.7 Å². The van der Waals surface area contributed by atoms with Crippen LogP contribution in [0.15, 0.2) is 23.7 Å². The standard InChI is InChI=1S/C11H12ClN3S/c1-8-15-10(7-16-8)6-13-4-9-2-3-11(12)14-5-9/h2-3,5,7,13H,4,6H2,1H3. The van der Waals surface area contributed by atoms with Crippen LogP contribution in [0.1, 0.15) is 16.3 Å². The molecule has 0 spiro atoms. The van der Waals surface area contributed by atoms with Crippen molar-refractivity contribution in [3.63, 3.8) is 0 Å². The van der Waals surface area contributed by atoms with Crippen LogP contribution in [-0.2, 0) is 13.1 Å². The zero-order valence-electron chi connectivity index (χ0n) is 8.90. The van der Waals surface area contributed by atoms with Gasteiger partial charge in [0.2, 0.25) is 0 Å². The predicted octanol–water partition coefficient (Wildman–Crippen LogP) is 2.79. The Morgan fingerprint density at radius 2 is 2.25 bits per heavy atom. The van der Waals surface area contributed by atoms with Crippen LogP contribution in [0.4, 0.5) is 0 Å². The molecule has 0 amide bonds. The normalized spacial score (nSPS) is 10.6. The number of nitrogens with zero attached hydrogens (tertiary/aromatic N) is 2. The zero-order valence-corrected chi connectivity index (χ0v) is 10.5. The average molecular weight is 254 g/mol. The highest BCUT2D eigenvalue weighted by molar-refractivity contribution is 7.09. The van der Waals surface area contributed by atoms with Crippen LogP contribution in [0.3, 0.4) is 0 Å². The van der Waals surface area contributed by atoms with Crippen molar-refractivity contribution in [2.75, 3.05) is 0 Å². The van der Waals surface area contributed by atoms with Gasteiger partial charge >= 0.3 is 0 Å². The SMILES string of the molecule is Cc1nc(CNCc2ccc(Cl)nc2)cs1. The molecule has 0 aromatic carbocycles. The zero-order chi connectivity index (χ0) is 11.4. The number of hydrogen-bond donors (Lipinski definition) is 1. The molecule has 2 heterocycles. The molecule has 0 bridgehead atoms. The summed E-state index contributed by atoms with van der Waals surface area (Å²) in [6.45, 7) is 3.57. The van der Waals surface area contributed by atoms with Gasteiger partial charge in [-0.05, 0) is 18.6 Å². The van der Waals surface area contributed by atoms with E-state index < -0.39 is 0 Å². The van der Waals surface area contributed by atoms with Gasteiger partial charge < -0.3 is 5.32 Å². The molecule has 2 rings (SSSR count). The van der Waals surface area contributed by atoms with Crippen LogP contribution in [0.25, 0.3) is 0 Å². The van der Waals surface area contributed by atoms with E-state index in [9.17, 15) is 0 Å². The first-order valence-corrected chi connectivity index (χ1v) is 6.22. The summed E-state index contributed by atoms with van der Waals surface area (Å²) in [5.74, 6) is 0. The quantitative estimate of drug-likeness (QED) is 0.852. The number of aryl methyl sites for hydroxylation is 1. The van der Waals surface area contributed by atoms with Crippen LogP contribution < -0.4 is 5.32 Å². The Balaban J connectivity index is 1.82. The van der Waals surface area contributed by atoms with Crippen molar-refractivity contribution < 1.29 is 0 Å². The van der Waals surface area contributed by atoms with Gasteiger partial charge in [-0.3, -0.25) is 0 Å². The number of thiazole rings is 1. The molecule has 2 aromatic rings. The summed E-state index contributed by atoms with van der Waals surface area (Å²) < 4.78 is 0. The van der Waals surface area contributed by atoms with E-state index in [-0.39, 0.29) is 0 Å². The maximum Gasteiger partial charge on any atom is 0.129 e. The van der Waals surface area contributed by atoms with Gasteiger partial charge in [-0.25, -0.2) is 9.97 Å². The minimum absolute atomic E-state index is 0.527. The first kappa shape index (κ1) is 11.5. The lowest BCUT2D eigenvalue weighted by Gasteiger charge is -2.02. The van der Waals surface area contributed by atoms with Crippen LogP contribution in [0.2, 0.25) is 5.15 Å². The summed E-state index contributed by atoms with van der Waals surface area (Å²) in [5, 5.41) is 7.01. The van der Waals surface area contributed by atoms with Gasteiger partial charge in [0.25, 0.3) is 0 Å². The minimum atomic E-state index is 0.527. The molecule has 0 radical (unpaired) electrons. The third-order valence-corrected chi connectivity index (χ3v) is 3.14. The van der Waals surface area contributed by atoms with Crippen molar-refractivity contribution in [1.82, 2.24) is 15.3 Å². The second-order valence-corrected chi connectivity index (χ2v) is 4.90. The van der Waals surface area contributed by atoms with Gasteiger partial charge in [-0.1, -0.05) is 17.7 Å². The lowest BCUT2D eigenvalue weighted by molar-refractivity contribution is 0.680. The third-order valence-electron chi connectivity index (χ3n) is 2.09. The summed E-state index contributed by atoms with van der Waals surface area (Å²) in [6.07, 6.45) is 1.78. The van der Waals surface area contributed by atoms with E-state index in [1.54, 1.807) is 23.6 Å². The van der Waals surface area contributed by atoms with Crippen LogP contribution in [-0.4, -0.2) is 9.97 Å². The molecular weight excluding hydrogens is 242 g/mol. The Hall–Kier alpha value is -0.970. The highest BCUT2D eigenvalue weighted by Gasteiger charge is 1.98. The molecule has 0 unspecified atom stereocenters. The molecule has 0 saturated heterocycles. The Bertz CT molecular complexity index is 453. The van der Waals surface area contributed by atoms with Crippen molar-refractivity contribution in [3.8, 4) is 0 Å². The third kappa shape index (κ3) is 3.27. The predicted molar refractivity (Wildman–Crippen MR) is 66.6 cm³/mol. The Morgan fingerprint density at radius 3 is 2.88 bits per heavy atom. The Labute approximate surface area is 104 Å². The monoisotopic (exact) mass is 253 g/mol. The maximum absolute atomic E-state index is 5.70. The molecule has 1 N–H and O–H groups in total. The van der Waals surface area contributed by atoms with Gasteiger partial charge in [0.15, 0.2) is 0 Å². The van der Waals surface area contributed by atoms with Crippen LogP contribution in [0.5, 0.6) is 0 Å². The van der Waals surface area contributed by atoms with Gasteiger partial charge in [0.1, 0.15) is 5.15 Å². The molecule has 3 nitrogen and oxygen atoms in total. The van der Waals surface area contributed by atoms with E-state index in [1.807, 2.05) is 13.0 Å². The van der Waals surface area contributed by atoms with E-state index in [1.165, 1.54) is 0 Å².